The molecule has 0 radical (unpaired) electrons. The van der Waals surface area contributed by atoms with Gasteiger partial charge in [-0.05, 0) is 12.1 Å². The van der Waals surface area contributed by atoms with Crippen LogP contribution in [-0.2, 0) is 4.79 Å². The van der Waals surface area contributed by atoms with E-state index >= 15 is 0 Å². The standard InChI is InChI=1S/C7H6O3/c1-5(7(8)9)6-3-2-4-10-6/h2-4H,1H2,(H,8,9)/p-1. The van der Waals surface area contributed by atoms with Gasteiger partial charge in [-0.25, -0.2) is 0 Å². The highest BCUT2D eigenvalue weighted by Gasteiger charge is 2.00. The molecule has 10 heavy (non-hydrogen) atoms. The van der Waals surface area contributed by atoms with Crippen LogP contribution in [0.3, 0.4) is 0 Å². The monoisotopic (exact) mass is 137 g/mol. The van der Waals surface area contributed by atoms with Crippen LogP contribution in [0.15, 0.2) is 29.4 Å². The number of rotatable bonds is 2. The summed E-state index contributed by atoms with van der Waals surface area (Å²) in [6.07, 6.45) is 1.38. The van der Waals surface area contributed by atoms with Gasteiger partial charge in [-0.2, -0.15) is 0 Å². The number of carbonyl (C=O) groups is 1. The van der Waals surface area contributed by atoms with E-state index in [1.54, 1.807) is 6.07 Å². The minimum Gasteiger partial charge on any atom is -0.545 e. The first-order valence-corrected chi connectivity index (χ1v) is 2.66. The summed E-state index contributed by atoms with van der Waals surface area (Å²) in [7, 11) is 0. The maximum Gasteiger partial charge on any atom is 0.135 e. The van der Waals surface area contributed by atoms with Crippen molar-refractivity contribution in [2.24, 2.45) is 0 Å². The second kappa shape index (κ2) is 2.39. The topological polar surface area (TPSA) is 53.3 Å². The molecule has 0 atom stereocenters. The third kappa shape index (κ3) is 1.07. The molecule has 52 valence electrons. The highest BCUT2D eigenvalue weighted by molar-refractivity contribution is 6.12. The molecule has 0 saturated heterocycles. The SMILES string of the molecule is C=C(C(=O)[O-])c1ccco1. The third-order valence-electron chi connectivity index (χ3n) is 1.07. The van der Waals surface area contributed by atoms with Gasteiger partial charge in [-0.3, -0.25) is 0 Å². The molecule has 0 saturated carbocycles. The maximum absolute atomic E-state index is 10.1. The summed E-state index contributed by atoms with van der Waals surface area (Å²) in [4.78, 5) is 10.1. The van der Waals surface area contributed by atoms with Crippen LogP contribution in [0.4, 0.5) is 0 Å². The quantitative estimate of drug-likeness (QED) is 0.541. The Labute approximate surface area is 57.6 Å². The summed E-state index contributed by atoms with van der Waals surface area (Å²) in [5.41, 5.74) is -0.134. The lowest BCUT2D eigenvalue weighted by Gasteiger charge is -2.00. The highest BCUT2D eigenvalue weighted by Crippen LogP contribution is 2.10. The van der Waals surface area contributed by atoms with Crippen LogP contribution in [0.5, 0.6) is 0 Å². The molecule has 0 aromatic carbocycles. The first-order chi connectivity index (χ1) is 4.72. The molecule has 1 rings (SSSR count). The Morgan fingerprint density at radius 2 is 2.40 bits per heavy atom. The number of hydrogen-bond donors (Lipinski definition) is 0. The fraction of sp³-hybridized carbons (Fsp3) is 0. The molecular formula is C7H5O3-. The Kier molecular flexibility index (Phi) is 1.58. The molecule has 0 unspecified atom stereocenters. The Morgan fingerprint density at radius 3 is 2.80 bits per heavy atom. The molecule has 0 aliphatic carbocycles. The van der Waals surface area contributed by atoms with Gasteiger partial charge in [0.1, 0.15) is 5.76 Å². The molecule has 3 nitrogen and oxygen atoms in total. The van der Waals surface area contributed by atoms with Crippen molar-refractivity contribution >= 4 is 11.5 Å². The first-order valence-electron chi connectivity index (χ1n) is 2.66. The second-order valence-corrected chi connectivity index (χ2v) is 1.74. The van der Waals surface area contributed by atoms with Crippen molar-refractivity contribution in [1.82, 2.24) is 0 Å². The van der Waals surface area contributed by atoms with E-state index in [1.165, 1.54) is 12.3 Å². The molecule has 0 bridgehead atoms. The average molecular weight is 137 g/mol. The number of hydrogen-bond acceptors (Lipinski definition) is 3. The summed E-state index contributed by atoms with van der Waals surface area (Å²) in [5.74, 6) is -1.07. The maximum atomic E-state index is 10.1. The van der Waals surface area contributed by atoms with Crippen molar-refractivity contribution in [1.29, 1.82) is 0 Å². The number of carboxylic acid groups (broad SMARTS) is 1. The summed E-state index contributed by atoms with van der Waals surface area (Å²) in [6.45, 7) is 3.24. The number of carboxylic acids is 1. The molecule has 0 aliphatic heterocycles. The molecule has 3 heteroatoms. The van der Waals surface area contributed by atoms with Crippen LogP contribution in [0.2, 0.25) is 0 Å². The fourth-order valence-electron chi connectivity index (χ4n) is 0.551. The third-order valence-corrected chi connectivity index (χ3v) is 1.07. The summed E-state index contributed by atoms with van der Waals surface area (Å²) in [6, 6.07) is 3.10. The molecule has 0 spiro atoms. The zero-order valence-corrected chi connectivity index (χ0v) is 5.16. The van der Waals surface area contributed by atoms with Gasteiger partial charge in [0.2, 0.25) is 0 Å². The van der Waals surface area contributed by atoms with Crippen LogP contribution in [0.25, 0.3) is 5.57 Å². The largest absolute Gasteiger partial charge is 0.545 e. The van der Waals surface area contributed by atoms with Gasteiger partial charge in [0.05, 0.1) is 12.2 Å². The molecule has 0 fully saturated rings. The summed E-state index contributed by atoms with van der Waals surface area (Å²) in [5, 5.41) is 10.1. The highest BCUT2D eigenvalue weighted by atomic mass is 16.4. The van der Waals surface area contributed by atoms with Gasteiger partial charge in [-0.1, -0.05) is 6.58 Å². The zero-order valence-electron chi connectivity index (χ0n) is 5.16. The Hall–Kier alpha value is -1.51. The molecule has 0 N–H and O–H groups in total. The van der Waals surface area contributed by atoms with Crippen LogP contribution >= 0.6 is 0 Å². The van der Waals surface area contributed by atoms with Crippen molar-refractivity contribution in [3.8, 4) is 0 Å². The van der Waals surface area contributed by atoms with Crippen molar-refractivity contribution in [3.63, 3.8) is 0 Å². The predicted octanol–water partition coefficient (Wildman–Crippen LogP) is 0.0427. The summed E-state index contributed by atoms with van der Waals surface area (Å²) < 4.78 is 4.74. The van der Waals surface area contributed by atoms with Gasteiger partial charge in [0.25, 0.3) is 0 Å². The van der Waals surface area contributed by atoms with E-state index in [2.05, 4.69) is 6.58 Å². The van der Waals surface area contributed by atoms with Gasteiger partial charge in [-0.15, -0.1) is 0 Å². The minimum atomic E-state index is -1.31. The summed E-state index contributed by atoms with van der Waals surface area (Å²) >= 11 is 0. The Morgan fingerprint density at radius 1 is 1.70 bits per heavy atom. The van der Waals surface area contributed by atoms with Crippen LogP contribution in [-0.4, -0.2) is 5.97 Å². The molecule has 1 aromatic heterocycles. The molecule has 0 aliphatic rings. The lowest BCUT2D eigenvalue weighted by atomic mass is 10.2. The zero-order chi connectivity index (χ0) is 7.56. The van der Waals surface area contributed by atoms with Crippen LogP contribution in [0.1, 0.15) is 5.76 Å². The molecule has 1 heterocycles. The Balaban J connectivity index is 2.88. The van der Waals surface area contributed by atoms with E-state index in [0.717, 1.165) is 0 Å². The van der Waals surface area contributed by atoms with Crippen molar-refractivity contribution < 1.29 is 14.3 Å². The first kappa shape index (κ1) is 6.61. The van der Waals surface area contributed by atoms with Crippen LogP contribution < -0.4 is 5.11 Å². The van der Waals surface area contributed by atoms with Crippen molar-refractivity contribution in [2.75, 3.05) is 0 Å². The van der Waals surface area contributed by atoms with Crippen LogP contribution in [0, 0.1) is 0 Å². The van der Waals surface area contributed by atoms with E-state index in [4.69, 9.17) is 4.42 Å². The minimum absolute atomic E-state index is 0.134. The van der Waals surface area contributed by atoms with Crippen molar-refractivity contribution in [2.45, 2.75) is 0 Å². The molecule has 0 amide bonds. The second-order valence-electron chi connectivity index (χ2n) is 1.74. The van der Waals surface area contributed by atoms with E-state index < -0.39 is 5.97 Å². The lowest BCUT2D eigenvalue weighted by molar-refractivity contribution is -0.295. The van der Waals surface area contributed by atoms with Gasteiger partial charge in [0, 0.05) is 5.57 Å². The van der Waals surface area contributed by atoms with E-state index in [-0.39, 0.29) is 11.3 Å². The van der Waals surface area contributed by atoms with E-state index in [0.29, 0.717) is 0 Å². The number of furan rings is 1. The predicted molar refractivity (Wildman–Crippen MR) is 32.7 cm³/mol. The smallest absolute Gasteiger partial charge is 0.135 e. The Bertz CT molecular complexity index is 246. The molecular weight excluding hydrogens is 132 g/mol. The fourth-order valence-corrected chi connectivity index (χ4v) is 0.551. The van der Waals surface area contributed by atoms with E-state index in [9.17, 15) is 9.90 Å². The van der Waals surface area contributed by atoms with E-state index in [1.807, 2.05) is 0 Å². The normalized spacial score (nSPS) is 9.20. The molecule has 1 aromatic rings. The van der Waals surface area contributed by atoms with Gasteiger partial charge in [0.15, 0.2) is 0 Å². The van der Waals surface area contributed by atoms with Gasteiger partial charge < -0.3 is 14.3 Å². The average Bonchev–Trinajstić information content (AvgIpc) is 2.36. The van der Waals surface area contributed by atoms with Gasteiger partial charge >= 0.3 is 0 Å². The lowest BCUT2D eigenvalue weighted by Crippen LogP contribution is -2.22. The van der Waals surface area contributed by atoms with Crippen molar-refractivity contribution in [3.05, 3.63) is 30.7 Å². The number of aliphatic carboxylic acids is 1. The number of carbonyl (C=O) groups excluding carboxylic acids is 1.